The van der Waals surface area contributed by atoms with Crippen LogP contribution in [0.25, 0.3) is 0 Å². The zero-order valence-corrected chi connectivity index (χ0v) is 13.6. The fraction of sp³-hybridized carbons (Fsp3) is 0.500. The van der Waals surface area contributed by atoms with Crippen molar-refractivity contribution in [2.45, 2.75) is 18.9 Å². The zero-order chi connectivity index (χ0) is 14.8. The molecule has 0 spiro atoms. The summed E-state index contributed by atoms with van der Waals surface area (Å²) in [6, 6.07) is 5.41. The van der Waals surface area contributed by atoms with E-state index in [-0.39, 0.29) is 24.1 Å². The van der Waals surface area contributed by atoms with E-state index in [2.05, 4.69) is 5.32 Å². The summed E-state index contributed by atoms with van der Waals surface area (Å²) in [5.74, 6) is 1.08. The Kier molecular flexibility index (Phi) is 11.1. The monoisotopic (exact) mass is 336 g/mol. The average molecular weight is 337 g/mol. The van der Waals surface area contributed by atoms with Gasteiger partial charge in [0.25, 0.3) is 0 Å². The van der Waals surface area contributed by atoms with E-state index in [1.807, 2.05) is 6.26 Å². The van der Waals surface area contributed by atoms with Crippen molar-refractivity contribution >= 4 is 30.1 Å². The smallest absolute Gasteiger partial charge is 0.236 e. The SMILES string of the molecule is CSCC[C@H](N)C(=O)NCCCOc1ccc(F)cc1.Cl. The van der Waals surface area contributed by atoms with Crippen LogP contribution in [0, 0.1) is 5.82 Å². The summed E-state index contributed by atoms with van der Waals surface area (Å²) in [7, 11) is 0. The number of nitrogens with one attached hydrogen (secondary N) is 1. The first-order valence-corrected chi connectivity index (χ1v) is 7.93. The quantitative estimate of drug-likeness (QED) is 0.679. The van der Waals surface area contributed by atoms with Gasteiger partial charge in [0.1, 0.15) is 11.6 Å². The predicted molar refractivity (Wildman–Crippen MR) is 87.7 cm³/mol. The lowest BCUT2D eigenvalue weighted by Crippen LogP contribution is -2.41. The van der Waals surface area contributed by atoms with E-state index in [0.29, 0.717) is 31.7 Å². The van der Waals surface area contributed by atoms with Crippen molar-refractivity contribution in [3.8, 4) is 5.75 Å². The zero-order valence-electron chi connectivity index (χ0n) is 12.0. The van der Waals surface area contributed by atoms with Gasteiger partial charge in [0.15, 0.2) is 0 Å². The molecule has 0 aliphatic heterocycles. The van der Waals surface area contributed by atoms with Crippen LogP contribution < -0.4 is 15.8 Å². The highest BCUT2D eigenvalue weighted by molar-refractivity contribution is 7.98. The molecule has 1 rings (SSSR count). The van der Waals surface area contributed by atoms with Crippen LogP contribution in [0.15, 0.2) is 24.3 Å². The standard InChI is InChI=1S/C14H21FN2O2S.ClH/c1-20-10-7-13(16)14(18)17-8-2-9-19-12-5-3-11(15)4-6-12;/h3-6,13H,2,7-10,16H2,1H3,(H,17,18);1H/t13-;/m0./s1. The fourth-order valence-corrected chi connectivity index (χ4v) is 2.00. The van der Waals surface area contributed by atoms with E-state index in [4.69, 9.17) is 10.5 Å². The number of carbonyl (C=O) groups is 1. The van der Waals surface area contributed by atoms with Gasteiger partial charge in [-0.2, -0.15) is 11.8 Å². The maximum Gasteiger partial charge on any atom is 0.236 e. The van der Waals surface area contributed by atoms with Crippen LogP contribution in [0.3, 0.4) is 0 Å². The maximum absolute atomic E-state index is 12.7. The molecule has 0 unspecified atom stereocenters. The Balaban J connectivity index is 0.00000400. The van der Waals surface area contributed by atoms with E-state index in [0.717, 1.165) is 5.75 Å². The average Bonchev–Trinajstić information content (AvgIpc) is 2.46. The number of nitrogens with two attached hydrogens (primary N) is 1. The molecule has 0 fully saturated rings. The van der Waals surface area contributed by atoms with Crippen molar-refractivity contribution in [3.05, 3.63) is 30.1 Å². The molecule has 3 N–H and O–H groups in total. The first-order valence-electron chi connectivity index (χ1n) is 6.54. The molecule has 1 amide bonds. The molecule has 0 bridgehead atoms. The summed E-state index contributed by atoms with van der Waals surface area (Å²) in [6.07, 6.45) is 3.34. The maximum atomic E-state index is 12.7. The molecule has 0 aromatic heterocycles. The highest BCUT2D eigenvalue weighted by Gasteiger charge is 2.11. The third-order valence-electron chi connectivity index (χ3n) is 2.67. The van der Waals surface area contributed by atoms with Crippen molar-refractivity contribution in [1.29, 1.82) is 0 Å². The third-order valence-corrected chi connectivity index (χ3v) is 3.32. The first-order chi connectivity index (χ1) is 9.63. The number of ether oxygens (including phenoxy) is 1. The van der Waals surface area contributed by atoms with Gasteiger partial charge in [-0.15, -0.1) is 12.4 Å². The fourth-order valence-electron chi connectivity index (χ4n) is 1.51. The number of hydrogen-bond donors (Lipinski definition) is 2. The number of halogens is 2. The summed E-state index contributed by atoms with van der Waals surface area (Å²) in [5.41, 5.74) is 5.73. The second kappa shape index (κ2) is 11.7. The molecule has 1 aromatic rings. The first kappa shape index (κ1) is 20.0. The predicted octanol–water partition coefficient (Wildman–Crippen LogP) is 2.21. The van der Waals surface area contributed by atoms with Crippen molar-refractivity contribution in [3.63, 3.8) is 0 Å². The van der Waals surface area contributed by atoms with Gasteiger partial charge in [-0.3, -0.25) is 4.79 Å². The van der Waals surface area contributed by atoms with Crippen LogP contribution in [-0.2, 0) is 4.79 Å². The van der Waals surface area contributed by atoms with E-state index < -0.39 is 6.04 Å². The third kappa shape index (κ3) is 8.80. The van der Waals surface area contributed by atoms with Gasteiger partial charge in [-0.1, -0.05) is 0 Å². The van der Waals surface area contributed by atoms with E-state index >= 15 is 0 Å². The molecule has 7 heteroatoms. The Hall–Kier alpha value is -0.980. The van der Waals surface area contributed by atoms with Gasteiger partial charge in [0.2, 0.25) is 5.91 Å². The Morgan fingerprint density at radius 1 is 1.43 bits per heavy atom. The summed E-state index contributed by atoms with van der Waals surface area (Å²) in [6.45, 7) is 0.985. The van der Waals surface area contributed by atoms with Crippen molar-refractivity contribution < 1.29 is 13.9 Å². The minimum absolute atomic E-state index is 0. The topological polar surface area (TPSA) is 64.4 Å². The van der Waals surface area contributed by atoms with Crippen molar-refractivity contribution in [2.75, 3.05) is 25.2 Å². The second-order valence-corrected chi connectivity index (χ2v) is 5.32. The Bertz CT molecular complexity index is 406. The lowest BCUT2D eigenvalue weighted by molar-refractivity contribution is -0.122. The summed E-state index contributed by atoms with van der Waals surface area (Å²) in [5, 5.41) is 2.77. The number of thioether (sulfide) groups is 1. The Morgan fingerprint density at radius 3 is 2.71 bits per heavy atom. The van der Waals surface area contributed by atoms with Crippen LogP contribution >= 0.6 is 24.2 Å². The van der Waals surface area contributed by atoms with E-state index in [9.17, 15) is 9.18 Å². The Morgan fingerprint density at radius 2 is 2.10 bits per heavy atom. The number of carbonyl (C=O) groups excluding carboxylic acids is 1. The Labute approximate surface area is 135 Å². The summed E-state index contributed by atoms with van der Waals surface area (Å²) < 4.78 is 18.1. The molecular weight excluding hydrogens is 315 g/mol. The lowest BCUT2D eigenvalue weighted by atomic mass is 10.2. The van der Waals surface area contributed by atoms with Gasteiger partial charge < -0.3 is 15.8 Å². The summed E-state index contributed by atoms with van der Waals surface area (Å²) in [4.78, 5) is 11.6. The molecule has 0 aliphatic rings. The van der Waals surface area contributed by atoms with Crippen molar-refractivity contribution in [1.82, 2.24) is 5.32 Å². The molecule has 0 heterocycles. The van der Waals surface area contributed by atoms with E-state index in [1.54, 1.807) is 23.9 Å². The molecule has 0 saturated heterocycles. The molecule has 0 radical (unpaired) electrons. The van der Waals surface area contributed by atoms with Crippen LogP contribution in [0.1, 0.15) is 12.8 Å². The minimum Gasteiger partial charge on any atom is -0.494 e. The number of hydrogen-bond acceptors (Lipinski definition) is 4. The van der Waals surface area contributed by atoms with Crippen LogP contribution in [0.2, 0.25) is 0 Å². The number of benzene rings is 1. The largest absolute Gasteiger partial charge is 0.494 e. The molecule has 0 aliphatic carbocycles. The second-order valence-electron chi connectivity index (χ2n) is 4.33. The van der Waals surface area contributed by atoms with Crippen LogP contribution in [0.5, 0.6) is 5.75 Å². The van der Waals surface area contributed by atoms with E-state index in [1.165, 1.54) is 12.1 Å². The molecule has 0 saturated carbocycles. The van der Waals surface area contributed by atoms with Crippen molar-refractivity contribution in [2.24, 2.45) is 5.73 Å². The van der Waals surface area contributed by atoms with Gasteiger partial charge in [-0.25, -0.2) is 4.39 Å². The minimum atomic E-state index is -0.444. The van der Waals surface area contributed by atoms with Gasteiger partial charge >= 0.3 is 0 Å². The molecule has 1 atom stereocenters. The van der Waals surface area contributed by atoms with Crippen LogP contribution in [0.4, 0.5) is 4.39 Å². The molecular formula is C14H22ClFN2O2S. The molecule has 120 valence electrons. The summed E-state index contributed by atoms with van der Waals surface area (Å²) >= 11 is 1.67. The van der Waals surface area contributed by atoms with Gasteiger partial charge in [0, 0.05) is 6.54 Å². The number of rotatable bonds is 9. The lowest BCUT2D eigenvalue weighted by Gasteiger charge is -2.11. The highest BCUT2D eigenvalue weighted by Crippen LogP contribution is 2.10. The molecule has 4 nitrogen and oxygen atoms in total. The number of amides is 1. The van der Waals surface area contributed by atoms with Gasteiger partial charge in [-0.05, 0) is 49.1 Å². The van der Waals surface area contributed by atoms with Crippen LogP contribution in [-0.4, -0.2) is 37.1 Å². The normalized spacial score (nSPS) is 11.4. The van der Waals surface area contributed by atoms with Gasteiger partial charge in [0.05, 0.1) is 12.6 Å². The highest BCUT2D eigenvalue weighted by atomic mass is 35.5. The molecule has 21 heavy (non-hydrogen) atoms. The molecule has 1 aromatic carbocycles.